The second kappa shape index (κ2) is 17.4. The van der Waals surface area contributed by atoms with E-state index < -0.39 is 16.9 Å². The molecule has 0 amide bonds. The molecule has 1 unspecified atom stereocenters. The quantitative estimate of drug-likeness (QED) is 0.142. The van der Waals surface area contributed by atoms with Crippen LogP contribution in [0, 0.1) is 0 Å². The van der Waals surface area contributed by atoms with Crippen molar-refractivity contribution in [3.05, 3.63) is 348 Å². The van der Waals surface area contributed by atoms with Gasteiger partial charge >= 0.3 is 0 Å². The third-order valence-corrected chi connectivity index (χ3v) is 16.2. The largest absolute Gasteiger partial charge is 0.310 e. The summed E-state index contributed by atoms with van der Waals surface area (Å²) in [4.78, 5) is 4.68. The third kappa shape index (κ3) is 6.34. The lowest BCUT2D eigenvalue weighted by molar-refractivity contribution is 0.768. The van der Waals surface area contributed by atoms with Gasteiger partial charge in [0.05, 0.1) is 23.4 Å². The summed E-state index contributed by atoms with van der Waals surface area (Å²) in [7, 11) is 0. The summed E-state index contributed by atoms with van der Waals surface area (Å²) >= 11 is 0. The van der Waals surface area contributed by atoms with Crippen LogP contribution in [-0.2, 0) is 10.8 Å². The van der Waals surface area contributed by atoms with Crippen LogP contribution < -0.4 is 9.80 Å². The number of fused-ring (bicyclic) bond motifs is 13. The Balaban J connectivity index is 1.02. The molecule has 12 aromatic rings. The molecular weight excluding hydrogens is 917 g/mol. The summed E-state index contributed by atoms with van der Waals surface area (Å²) in [6.45, 7) is 0. The molecule has 0 N–H and O–H groups in total. The van der Waals surface area contributed by atoms with E-state index in [-0.39, 0.29) is 29.7 Å². The van der Waals surface area contributed by atoms with Gasteiger partial charge in [0.1, 0.15) is 0 Å². The van der Waals surface area contributed by atoms with E-state index in [4.69, 9.17) is 4.11 Å². The number of para-hydroxylation sites is 2. The molecular formula is C74H50N2. The molecule has 3 aliphatic rings. The van der Waals surface area contributed by atoms with Gasteiger partial charge in [-0.15, -0.1) is 0 Å². The van der Waals surface area contributed by atoms with Gasteiger partial charge in [-0.2, -0.15) is 0 Å². The molecule has 12 aromatic carbocycles. The highest BCUT2D eigenvalue weighted by atomic mass is 15.2. The number of rotatable bonds is 9. The van der Waals surface area contributed by atoms with Crippen LogP contribution in [0.2, 0.25) is 0 Å². The average Bonchev–Trinajstić information content (AvgIpc) is 4.01. The Hall–Kier alpha value is -9.76. The SMILES string of the molecule is [2H]c1c([2H])c([2H])c(-c2cccc(N(c3ccc4c(c3)C3(c5ccccc5-c5ccc(N(c6ccccc6)c6ccccc6)cc53)c3ccccc3-4)c3cccc4c3-c3ccccc3C4(c3ccccc3)c3ccccc3)c2)c([2H])c1[2H]. The van der Waals surface area contributed by atoms with E-state index in [1.165, 1.54) is 38.9 Å². The van der Waals surface area contributed by atoms with Gasteiger partial charge < -0.3 is 9.80 Å². The molecule has 356 valence electrons. The number of hydrogen-bond acceptors (Lipinski definition) is 2. The molecule has 2 nitrogen and oxygen atoms in total. The minimum atomic E-state index is -0.745. The Labute approximate surface area is 451 Å². The van der Waals surface area contributed by atoms with Crippen molar-refractivity contribution >= 4 is 34.1 Å². The molecule has 0 saturated heterocycles. The zero-order valence-corrected chi connectivity index (χ0v) is 41.4. The second-order valence-corrected chi connectivity index (χ2v) is 19.9. The summed E-state index contributed by atoms with van der Waals surface area (Å²) in [5, 5.41) is 0. The molecule has 3 aliphatic carbocycles. The van der Waals surface area contributed by atoms with Crippen LogP contribution in [0.3, 0.4) is 0 Å². The number of nitrogens with zero attached hydrogens (tertiary/aromatic N) is 2. The highest BCUT2D eigenvalue weighted by Crippen LogP contribution is 2.65. The highest BCUT2D eigenvalue weighted by molar-refractivity contribution is 6.01. The first-order valence-electron chi connectivity index (χ1n) is 28.5. The van der Waals surface area contributed by atoms with E-state index in [1.54, 1.807) is 0 Å². The Bertz CT molecular complexity index is 4370. The number of anilines is 6. The molecule has 15 rings (SSSR count). The van der Waals surface area contributed by atoms with E-state index >= 15 is 0 Å². The van der Waals surface area contributed by atoms with Crippen molar-refractivity contribution in [2.24, 2.45) is 0 Å². The number of hydrogen-bond donors (Lipinski definition) is 0. The van der Waals surface area contributed by atoms with E-state index in [0.29, 0.717) is 5.56 Å². The van der Waals surface area contributed by atoms with E-state index in [0.717, 1.165) is 73.1 Å². The van der Waals surface area contributed by atoms with Gasteiger partial charge in [-0.1, -0.05) is 236 Å². The van der Waals surface area contributed by atoms with Gasteiger partial charge in [-0.3, -0.25) is 0 Å². The van der Waals surface area contributed by atoms with Gasteiger partial charge in [0.15, 0.2) is 0 Å². The van der Waals surface area contributed by atoms with E-state index in [2.05, 4.69) is 265 Å². The lowest BCUT2D eigenvalue weighted by Gasteiger charge is -2.35. The van der Waals surface area contributed by atoms with Crippen molar-refractivity contribution in [2.75, 3.05) is 9.80 Å². The zero-order valence-electron chi connectivity index (χ0n) is 46.4. The van der Waals surface area contributed by atoms with Gasteiger partial charge in [-0.25, -0.2) is 0 Å². The Kier molecular flexibility index (Phi) is 8.91. The van der Waals surface area contributed by atoms with Crippen molar-refractivity contribution in [1.29, 1.82) is 0 Å². The predicted molar refractivity (Wildman–Crippen MR) is 315 cm³/mol. The van der Waals surface area contributed by atoms with Crippen molar-refractivity contribution < 1.29 is 6.85 Å². The normalized spacial score (nSPS) is 15.7. The van der Waals surface area contributed by atoms with Crippen molar-refractivity contribution in [3.8, 4) is 44.5 Å². The summed E-state index contributed by atoms with van der Waals surface area (Å²) in [6.07, 6.45) is 0. The maximum atomic E-state index is 9.18. The molecule has 0 saturated carbocycles. The maximum Gasteiger partial charge on any atom is 0.0727 e. The van der Waals surface area contributed by atoms with Gasteiger partial charge in [0.2, 0.25) is 0 Å². The monoisotopic (exact) mass is 971 g/mol. The summed E-state index contributed by atoms with van der Waals surface area (Å²) in [5.74, 6) is 0. The minimum absolute atomic E-state index is 0.150. The fourth-order valence-electron chi connectivity index (χ4n) is 13.3. The Morgan fingerprint density at radius 1 is 0.263 bits per heavy atom. The van der Waals surface area contributed by atoms with Gasteiger partial charge in [-0.05, 0) is 150 Å². The maximum absolute atomic E-state index is 9.18. The van der Waals surface area contributed by atoms with Gasteiger partial charge in [0.25, 0.3) is 0 Å². The summed E-state index contributed by atoms with van der Waals surface area (Å²) in [5.41, 5.74) is 21.3. The predicted octanol–water partition coefficient (Wildman–Crippen LogP) is 19.0. The topological polar surface area (TPSA) is 6.48 Å². The molecule has 0 radical (unpaired) electrons. The van der Waals surface area contributed by atoms with E-state index in [9.17, 15) is 2.74 Å². The van der Waals surface area contributed by atoms with Crippen LogP contribution in [0.4, 0.5) is 34.1 Å². The fourth-order valence-corrected chi connectivity index (χ4v) is 13.3. The Morgan fingerprint density at radius 3 is 1.25 bits per heavy atom. The number of benzene rings is 12. The standard InChI is InChI=1S/C74H50N2/c1-6-24-51(25-7-1)52-26-22-35-57(48-52)76(71-43-23-42-68-72(71)64-38-18-21-41-67(64)73(68,53-27-8-2-9-28-53)54-29-10-3-11-30-54)59-45-47-63-61-37-17-20-40-66(61)74(70(63)50-59)65-39-19-16-36-60(65)62-46-44-58(49-69(62)74)75(55-31-12-4-13-32-55)56-33-14-5-15-34-56/h1-50H/i1D,6D,7D,24D,25D. The smallest absolute Gasteiger partial charge is 0.0727 e. The molecule has 0 aromatic heterocycles. The zero-order chi connectivity index (χ0) is 54.6. The van der Waals surface area contributed by atoms with Crippen molar-refractivity contribution in [1.82, 2.24) is 0 Å². The molecule has 0 aliphatic heterocycles. The molecule has 2 heteroatoms. The van der Waals surface area contributed by atoms with Crippen molar-refractivity contribution in [2.45, 2.75) is 10.8 Å². The first kappa shape index (κ1) is 38.8. The van der Waals surface area contributed by atoms with Crippen LogP contribution in [0.15, 0.2) is 303 Å². The fraction of sp³-hybridized carbons (Fsp3) is 0.0270. The Morgan fingerprint density at radius 2 is 0.684 bits per heavy atom. The third-order valence-electron chi connectivity index (χ3n) is 16.2. The first-order valence-corrected chi connectivity index (χ1v) is 26.0. The van der Waals surface area contributed by atoms with Crippen LogP contribution in [0.25, 0.3) is 44.5 Å². The molecule has 0 heterocycles. The first-order chi connectivity index (χ1) is 39.8. The second-order valence-electron chi connectivity index (χ2n) is 19.9. The highest BCUT2D eigenvalue weighted by Gasteiger charge is 2.53. The van der Waals surface area contributed by atoms with Crippen LogP contribution in [-0.4, -0.2) is 0 Å². The van der Waals surface area contributed by atoms with Crippen LogP contribution in [0.1, 0.15) is 51.4 Å². The van der Waals surface area contributed by atoms with Gasteiger partial charge in [0, 0.05) is 34.0 Å². The summed E-state index contributed by atoms with van der Waals surface area (Å²) in [6, 6.07) is 96.2. The minimum Gasteiger partial charge on any atom is -0.310 e. The van der Waals surface area contributed by atoms with E-state index in [1.807, 2.05) is 18.2 Å². The van der Waals surface area contributed by atoms with Crippen LogP contribution in [0.5, 0.6) is 0 Å². The van der Waals surface area contributed by atoms with Crippen LogP contribution >= 0.6 is 0 Å². The molecule has 1 spiro atoms. The molecule has 1 atom stereocenters. The lowest BCUT2D eigenvalue weighted by Crippen LogP contribution is -2.28. The lowest BCUT2D eigenvalue weighted by atomic mass is 9.68. The average molecular weight is 972 g/mol. The summed E-state index contributed by atoms with van der Waals surface area (Å²) < 4.78 is 44.3. The molecule has 76 heavy (non-hydrogen) atoms. The molecule has 0 fully saturated rings. The van der Waals surface area contributed by atoms with Crippen molar-refractivity contribution in [3.63, 3.8) is 0 Å². The molecule has 0 bridgehead atoms.